The number of piperidine rings is 1. The Kier molecular flexibility index (Phi) is 4.79. The maximum Gasteiger partial charge on any atom is 0.248 e. The minimum atomic E-state index is -4.16. The standard InChI is InChI=1S/C17H15F2N3O3S2/c18-13-3-4-14(19)15(8-13)27(23,24)22-6-1-2-11(9-22)16-20-21-17(25-16)12-5-7-26-10-12/h3-5,7-8,10-11H,1-2,6,9H2. The van der Waals surface area contributed by atoms with Crippen LogP contribution in [0, 0.1) is 11.6 Å². The average molecular weight is 411 g/mol. The molecule has 1 aromatic carbocycles. The first-order chi connectivity index (χ1) is 12.9. The van der Waals surface area contributed by atoms with E-state index in [1.165, 1.54) is 11.3 Å². The molecule has 0 spiro atoms. The Morgan fingerprint density at radius 3 is 2.85 bits per heavy atom. The van der Waals surface area contributed by atoms with Crippen molar-refractivity contribution in [2.45, 2.75) is 23.7 Å². The van der Waals surface area contributed by atoms with Crippen LogP contribution in [0.5, 0.6) is 0 Å². The van der Waals surface area contributed by atoms with E-state index in [-0.39, 0.29) is 19.0 Å². The molecule has 6 nitrogen and oxygen atoms in total. The molecule has 0 saturated carbocycles. The monoisotopic (exact) mass is 411 g/mol. The van der Waals surface area contributed by atoms with Gasteiger partial charge in [-0.3, -0.25) is 0 Å². The van der Waals surface area contributed by atoms with Crippen molar-refractivity contribution in [2.24, 2.45) is 0 Å². The zero-order valence-electron chi connectivity index (χ0n) is 14.0. The fourth-order valence-corrected chi connectivity index (χ4v) is 5.31. The van der Waals surface area contributed by atoms with Crippen molar-refractivity contribution < 1.29 is 21.6 Å². The number of thiophene rings is 1. The second-order valence-electron chi connectivity index (χ2n) is 6.23. The van der Waals surface area contributed by atoms with Gasteiger partial charge in [0.25, 0.3) is 0 Å². The lowest BCUT2D eigenvalue weighted by molar-refractivity contribution is 0.285. The fourth-order valence-electron chi connectivity index (χ4n) is 3.08. The number of sulfonamides is 1. The Morgan fingerprint density at radius 1 is 1.22 bits per heavy atom. The summed E-state index contributed by atoms with van der Waals surface area (Å²) in [6.07, 6.45) is 1.22. The highest BCUT2D eigenvalue weighted by molar-refractivity contribution is 7.89. The van der Waals surface area contributed by atoms with Gasteiger partial charge < -0.3 is 4.42 Å². The first-order valence-electron chi connectivity index (χ1n) is 8.26. The van der Waals surface area contributed by atoms with Crippen LogP contribution in [0.3, 0.4) is 0 Å². The van der Waals surface area contributed by atoms with Crippen molar-refractivity contribution in [3.63, 3.8) is 0 Å². The van der Waals surface area contributed by atoms with Gasteiger partial charge in [0.1, 0.15) is 16.5 Å². The summed E-state index contributed by atoms with van der Waals surface area (Å²) < 4.78 is 59.8. The number of aromatic nitrogens is 2. The summed E-state index contributed by atoms with van der Waals surface area (Å²) in [5.41, 5.74) is 0.806. The molecule has 3 heterocycles. The Balaban J connectivity index is 1.59. The Morgan fingerprint density at radius 2 is 2.07 bits per heavy atom. The Hall–Kier alpha value is -2.17. The maximum absolute atomic E-state index is 14.0. The second-order valence-corrected chi connectivity index (χ2v) is 8.92. The molecule has 1 aliphatic rings. The number of benzene rings is 1. The first-order valence-corrected chi connectivity index (χ1v) is 10.6. The average Bonchev–Trinajstić information content (AvgIpc) is 3.35. The molecule has 1 atom stereocenters. The number of halogens is 2. The van der Waals surface area contributed by atoms with E-state index >= 15 is 0 Å². The minimum absolute atomic E-state index is 0.0730. The molecule has 142 valence electrons. The number of hydrogen-bond acceptors (Lipinski definition) is 6. The lowest BCUT2D eigenvalue weighted by atomic mass is 10.00. The van der Waals surface area contributed by atoms with Gasteiger partial charge >= 0.3 is 0 Å². The number of nitrogens with zero attached hydrogens (tertiary/aromatic N) is 3. The molecule has 1 unspecified atom stereocenters. The molecular formula is C17H15F2N3O3S2. The molecule has 0 bridgehead atoms. The van der Waals surface area contributed by atoms with E-state index in [0.717, 1.165) is 22.0 Å². The predicted octanol–water partition coefficient (Wildman–Crippen LogP) is 3.64. The van der Waals surface area contributed by atoms with Crippen LogP contribution in [0.1, 0.15) is 24.7 Å². The van der Waals surface area contributed by atoms with Crippen LogP contribution in [-0.4, -0.2) is 36.0 Å². The normalized spacial score (nSPS) is 18.7. The van der Waals surface area contributed by atoms with Gasteiger partial charge in [0.05, 0.1) is 5.92 Å². The summed E-state index contributed by atoms with van der Waals surface area (Å²) in [6.45, 7) is 0.296. The van der Waals surface area contributed by atoms with E-state index in [1.54, 1.807) is 0 Å². The van der Waals surface area contributed by atoms with E-state index in [2.05, 4.69) is 10.2 Å². The highest BCUT2D eigenvalue weighted by Gasteiger charge is 2.35. The van der Waals surface area contributed by atoms with Crippen molar-refractivity contribution in [1.29, 1.82) is 0 Å². The lowest BCUT2D eigenvalue weighted by Crippen LogP contribution is -2.39. The topological polar surface area (TPSA) is 76.3 Å². The quantitative estimate of drug-likeness (QED) is 0.655. The zero-order valence-corrected chi connectivity index (χ0v) is 15.6. The molecular weight excluding hydrogens is 396 g/mol. The van der Waals surface area contributed by atoms with Crippen molar-refractivity contribution in [1.82, 2.24) is 14.5 Å². The molecule has 0 N–H and O–H groups in total. The third kappa shape index (κ3) is 3.52. The summed E-state index contributed by atoms with van der Waals surface area (Å²) in [7, 11) is -4.16. The largest absolute Gasteiger partial charge is 0.420 e. The molecule has 4 rings (SSSR count). The third-order valence-electron chi connectivity index (χ3n) is 4.45. The molecule has 1 aliphatic heterocycles. The fraction of sp³-hybridized carbons (Fsp3) is 0.294. The molecule has 1 saturated heterocycles. The van der Waals surface area contributed by atoms with Gasteiger partial charge in [-0.25, -0.2) is 17.2 Å². The van der Waals surface area contributed by atoms with Gasteiger partial charge in [0.15, 0.2) is 0 Å². The minimum Gasteiger partial charge on any atom is -0.420 e. The van der Waals surface area contributed by atoms with Crippen LogP contribution in [0.2, 0.25) is 0 Å². The van der Waals surface area contributed by atoms with E-state index < -0.39 is 26.6 Å². The van der Waals surface area contributed by atoms with Crippen LogP contribution < -0.4 is 0 Å². The SMILES string of the molecule is O=S(=O)(c1cc(F)ccc1F)N1CCCC(c2nnc(-c3ccsc3)o2)C1. The Labute approximate surface area is 158 Å². The molecule has 1 fully saturated rings. The third-order valence-corrected chi connectivity index (χ3v) is 7.02. The molecule has 0 radical (unpaired) electrons. The van der Waals surface area contributed by atoms with Gasteiger partial charge in [-0.1, -0.05) is 0 Å². The zero-order chi connectivity index (χ0) is 19.0. The summed E-state index contributed by atoms with van der Waals surface area (Å²) in [6, 6.07) is 4.26. The highest BCUT2D eigenvalue weighted by Crippen LogP contribution is 2.32. The molecule has 0 aliphatic carbocycles. The first kappa shape index (κ1) is 18.2. The van der Waals surface area contributed by atoms with Gasteiger partial charge in [0.2, 0.25) is 21.8 Å². The predicted molar refractivity (Wildman–Crippen MR) is 94.7 cm³/mol. The van der Waals surface area contributed by atoms with Crippen molar-refractivity contribution >= 4 is 21.4 Å². The van der Waals surface area contributed by atoms with Crippen molar-refractivity contribution in [3.05, 3.63) is 52.6 Å². The summed E-state index contributed by atoms with van der Waals surface area (Å²) >= 11 is 1.50. The van der Waals surface area contributed by atoms with E-state index in [1.807, 2.05) is 16.8 Å². The van der Waals surface area contributed by atoms with E-state index in [0.29, 0.717) is 30.7 Å². The van der Waals surface area contributed by atoms with E-state index in [4.69, 9.17) is 4.42 Å². The van der Waals surface area contributed by atoms with Gasteiger partial charge in [-0.05, 0) is 42.5 Å². The van der Waals surface area contributed by atoms with Crippen LogP contribution in [0.15, 0.2) is 44.3 Å². The molecule has 10 heteroatoms. The number of hydrogen-bond donors (Lipinski definition) is 0. The summed E-state index contributed by atoms with van der Waals surface area (Å²) in [4.78, 5) is -0.660. The molecule has 0 amide bonds. The van der Waals surface area contributed by atoms with Crippen LogP contribution >= 0.6 is 11.3 Å². The van der Waals surface area contributed by atoms with Gasteiger partial charge in [0, 0.05) is 24.0 Å². The highest BCUT2D eigenvalue weighted by atomic mass is 32.2. The summed E-state index contributed by atoms with van der Waals surface area (Å²) in [5, 5.41) is 11.8. The number of rotatable bonds is 4. The van der Waals surface area contributed by atoms with Crippen LogP contribution in [0.25, 0.3) is 11.5 Å². The summed E-state index contributed by atoms with van der Waals surface area (Å²) in [5.74, 6) is -1.36. The van der Waals surface area contributed by atoms with Gasteiger partial charge in [-0.2, -0.15) is 15.6 Å². The maximum atomic E-state index is 14.0. The van der Waals surface area contributed by atoms with E-state index in [9.17, 15) is 17.2 Å². The van der Waals surface area contributed by atoms with Crippen LogP contribution in [0.4, 0.5) is 8.78 Å². The van der Waals surface area contributed by atoms with Crippen LogP contribution in [-0.2, 0) is 10.0 Å². The second kappa shape index (κ2) is 7.10. The molecule has 2 aromatic heterocycles. The Bertz CT molecular complexity index is 1050. The molecule has 27 heavy (non-hydrogen) atoms. The van der Waals surface area contributed by atoms with Crippen molar-refractivity contribution in [2.75, 3.05) is 13.1 Å². The van der Waals surface area contributed by atoms with Gasteiger partial charge in [-0.15, -0.1) is 10.2 Å². The smallest absolute Gasteiger partial charge is 0.248 e. The van der Waals surface area contributed by atoms with Crippen molar-refractivity contribution in [3.8, 4) is 11.5 Å². The lowest BCUT2D eigenvalue weighted by Gasteiger charge is -2.30. The molecule has 3 aromatic rings.